The Morgan fingerprint density at radius 2 is 1.70 bits per heavy atom. The summed E-state index contributed by atoms with van der Waals surface area (Å²) in [6.45, 7) is 0.474. The first kappa shape index (κ1) is 19.6. The number of ether oxygens (including phenoxy) is 1. The van der Waals surface area contributed by atoms with E-state index in [-0.39, 0.29) is 19.1 Å². The summed E-state index contributed by atoms with van der Waals surface area (Å²) in [6, 6.07) is 23.8. The number of carbonyl (C=O) groups is 1. The fraction of sp³-hybridized carbons (Fsp3) is 0.120. The van der Waals surface area contributed by atoms with Crippen LogP contribution in [0, 0.1) is 11.8 Å². The van der Waals surface area contributed by atoms with Crippen molar-refractivity contribution in [1.29, 1.82) is 0 Å². The maximum atomic E-state index is 12.1. The summed E-state index contributed by atoms with van der Waals surface area (Å²) in [7, 11) is 0. The number of aliphatic imine (C=N–C) groups is 1. The predicted molar refractivity (Wildman–Crippen MR) is 121 cm³/mol. The third kappa shape index (κ3) is 4.31. The molecule has 4 nitrogen and oxygen atoms in total. The van der Waals surface area contributed by atoms with Crippen molar-refractivity contribution in [3.63, 3.8) is 0 Å². The first-order chi connectivity index (χ1) is 14.8. The van der Waals surface area contributed by atoms with Crippen LogP contribution in [0.4, 0.5) is 10.5 Å². The number of hydrogen-bond acceptors (Lipinski definition) is 4. The second-order valence-corrected chi connectivity index (χ2v) is 6.92. The molecule has 1 aliphatic rings. The minimum Gasteiger partial charge on any atom is -0.449 e. The Labute approximate surface area is 180 Å². The van der Waals surface area contributed by atoms with Gasteiger partial charge in [0.15, 0.2) is 0 Å². The Balaban J connectivity index is 1.34. The van der Waals surface area contributed by atoms with Crippen LogP contribution < -0.4 is 5.32 Å². The van der Waals surface area contributed by atoms with Crippen LogP contribution in [-0.4, -0.2) is 24.4 Å². The average molecular weight is 410 g/mol. The van der Waals surface area contributed by atoms with Crippen LogP contribution in [0.15, 0.2) is 77.8 Å². The minimum atomic E-state index is -0.481. The van der Waals surface area contributed by atoms with Gasteiger partial charge in [-0.2, -0.15) is 4.99 Å². The predicted octanol–water partition coefficient (Wildman–Crippen LogP) is 5.31. The number of carbonyl (C=O) groups excluding carboxylic acids is 1. The first-order valence-corrected chi connectivity index (χ1v) is 9.93. The zero-order chi connectivity index (χ0) is 20.8. The lowest BCUT2D eigenvalue weighted by molar-refractivity contribution is 0.144. The molecule has 0 bridgehead atoms. The molecule has 5 heteroatoms. The number of isothiocyanates is 1. The number of rotatable bonds is 4. The van der Waals surface area contributed by atoms with Crippen molar-refractivity contribution in [1.82, 2.24) is 5.32 Å². The lowest BCUT2D eigenvalue weighted by atomic mass is 9.98. The highest BCUT2D eigenvalue weighted by molar-refractivity contribution is 7.78. The lowest BCUT2D eigenvalue weighted by Crippen LogP contribution is -2.26. The van der Waals surface area contributed by atoms with Gasteiger partial charge in [0.2, 0.25) is 0 Å². The molecule has 0 saturated heterocycles. The molecule has 0 spiro atoms. The molecule has 1 aliphatic carbocycles. The van der Waals surface area contributed by atoms with Crippen LogP contribution in [0.1, 0.15) is 22.6 Å². The molecule has 0 radical (unpaired) electrons. The van der Waals surface area contributed by atoms with Crippen molar-refractivity contribution in [2.75, 3.05) is 13.2 Å². The summed E-state index contributed by atoms with van der Waals surface area (Å²) in [5, 5.41) is 5.01. The summed E-state index contributed by atoms with van der Waals surface area (Å²) < 4.78 is 5.49. The van der Waals surface area contributed by atoms with Gasteiger partial charge < -0.3 is 10.1 Å². The number of nitrogens with zero attached hydrogens (tertiary/aromatic N) is 1. The molecular weight excluding hydrogens is 392 g/mol. The van der Waals surface area contributed by atoms with E-state index in [0.29, 0.717) is 5.69 Å². The van der Waals surface area contributed by atoms with Gasteiger partial charge in [0.1, 0.15) is 6.61 Å². The fourth-order valence-electron chi connectivity index (χ4n) is 3.62. The van der Waals surface area contributed by atoms with Gasteiger partial charge in [-0.3, -0.25) is 0 Å². The van der Waals surface area contributed by atoms with E-state index in [1.165, 1.54) is 22.3 Å². The monoisotopic (exact) mass is 410 g/mol. The van der Waals surface area contributed by atoms with Gasteiger partial charge in [-0.15, -0.1) is 0 Å². The molecule has 146 valence electrons. The molecule has 3 aromatic carbocycles. The van der Waals surface area contributed by atoms with Gasteiger partial charge in [-0.1, -0.05) is 66.4 Å². The third-order valence-corrected chi connectivity index (χ3v) is 5.01. The largest absolute Gasteiger partial charge is 0.449 e. The first-order valence-electron chi connectivity index (χ1n) is 9.52. The fourth-order valence-corrected chi connectivity index (χ4v) is 3.72. The van der Waals surface area contributed by atoms with Gasteiger partial charge in [0.05, 0.1) is 17.4 Å². The van der Waals surface area contributed by atoms with E-state index >= 15 is 0 Å². The Hall–Kier alpha value is -3.71. The second-order valence-electron chi connectivity index (χ2n) is 6.73. The molecule has 4 rings (SSSR count). The van der Waals surface area contributed by atoms with E-state index in [1.54, 1.807) is 6.07 Å². The van der Waals surface area contributed by atoms with Gasteiger partial charge in [0, 0.05) is 11.5 Å². The topological polar surface area (TPSA) is 50.7 Å². The number of thiocarbonyl (C=S) groups is 1. The van der Waals surface area contributed by atoms with Crippen LogP contribution in [0.3, 0.4) is 0 Å². The molecular formula is C25H18N2O2S. The quantitative estimate of drug-likeness (QED) is 0.360. The summed E-state index contributed by atoms with van der Waals surface area (Å²) in [6.07, 6.45) is -0.481. The van der Waals surface area contributed by atoms with Crippen molar-refractivity contribution < 1.29 is 9.53 Å². The Morgan fingerprint density at radius 1 is 1.00 bits per heavy atom. The lowest BCUT2D eigenvalue weighted by Gasteiger charge is -2.14. The van der Waals surface area contributed by atoms with E-state index in [2.05, 4.69) is 63.8 Å². The van der Waals surface area contributed by atoms with Gasteiger partial charge in [0.25, 0.3) is 0 Å². The van der Waals surface area contributed by atoms with Crippen molar-refractivity contribution in [2.45, 2.75) is 5.92 Å². The summed E-state index contributed by atoms with van der Waals surface area (Å²) in [5.41, 5.74) is 6.26. The molecule has 0 heterocycles. The molecule has 3 aromatic rings. The van der Waals surface area contributed by atoms with Gasteiger partial charge in [-0.05, 0) is 52.7 Å². The molecule has 0 fully saturated rings. The number of hydrogen-bond donors (Lipinski definition) is 1. The highest BCUT2D eigenvalue weighted by Gasteiger charge is 2.28. The number of fused-ring (bicyclic) bond motifs is 3. The van der Waals surface area contributed by atoms with Crippen molar-refractivity contribution >= 4 is 29.2 Å². The van der Waals surface area contributed by atoms with Crippen molar-refractivity contribution in [2.24, 2.45) is 4.99 Å². The van der Waals surface area contributed by atoms with E-state index in [0.717, 1.165) is 5.56 Å². The SMILES string of the molecule is O=C(NCC#Cc1cccc(N=C=S)c1)OCC1c2ccccc2-c2ccccc21. The standard InChI is InChI=1S/C25H18N2O2S/c28-25(26-14-6-8-18-7-5-9-19(15-18)27-17-30)29-16-24-22-12-3-1-10-20(22)21-11-2-4-13-23(21)24/h1-5,7,9-13,15,24H,14,16H2,(H,26,28). The van der Waals surface area contributed by atoms with Crippen LogP contribution in [0.5, 0.6) is 0 Å². The molecule has 0 aliphatic heterocycles. The van der Waals surface area contributed by atoms with Crippen molar-refractivity contribution in [3.05, 3.63) is 89.5 Å². The normalized spacial score (nSPS) is 11.3. The molecule has 0 saturated carbocycles. The maximum absolute atomic E-state index is 12.1. The number of nitrogens with one attached hydrogen (secondary N) is 1. The highest BCUT2D eigenvalue weighted by atomic mass is 32.1. The average Bonchev–Trinajstić information content (AvgIpc) is 3.10. The maximum Gasteiger partial charge on any atom is 0.407 e. The molecule has 1 amide bonds. The van der Waals surface area contributed by atoms with E-state index in [9.17, 15) is 4.79 Å². The Kier molecular flexibility index (Phi) is 6.01. The van der Waals surface area contributed by atoms with E-state index < -0.39 is 6.09 Å². The van der Waals surface area contributed by atoms with Gasteiger partial charge >= 0.3 is 6.09 Å². The summed E-state index contributed by atoms with van der Waals surface area (Å²) >= 11 is 4.61. The molecule has 0 unspecified atom stereocenters. The minimum absolute atomic E-state index is 0.0405. The van der Waals surface area contributed by atoms with Crippen LogP contribution >= 0.6 is 12.2 Å². The Morgan fingerprint density at radius 3 is 2.40 bits per heavy atom. The van der Waals surface area contributed by atoms with Crippen LogP contribution in [-0.2, 0) is 4.74 Å². The number of alkyl carbamates (subject to hydrolysis) is 1. The number of amides is 1. The van der Waals surface area contributed by atoms with Gasteiger partial charge in [-0.25, -0.2) is 4.79 Å². The summed E-state index contributed by atoms with van der Waals surface area (Å²) in [5.74, 6) is 5.93. The molecule has 0 atom stereocenters. The second kappa shape index (κ2) is 9.19. The zero-order valence-corrected chi connectivity index (χ0v) is 16.9. The smallest absolute Gasteiger partial charge is 0.407 e. The third-order valence-electron chi connectivity index (χ3n) is 4.92. The van der Waals surface area contributed by atoms with Crippen LogP contribution in [0.2, 0.25) is 0 Å². The van der Waals surface area contributed by atoms with Crippen LogP contribution in [0.25, 0.3) is 11.1 Å². The highest BCUT2D eigenvalue weighted by Crippen LogP contribution is 2.44. The molecule has 0 aromatic heterocycles. The number of benzene rings is 3. The molecule has 30 heavy (non-hydrogen) atoms. The van der Waals surface area contributed by atoms with Crippen molar-refractivity contribution in [3.8, 4) is 23.0 Å². The summed E-state index contributed by atoms with van der Waals surface area (Å²) in [4.78, 5) is 16.1. The van der Waals surface area contributed by atoms with E-state index in [1.807, 2.05) is 42.5 Å². The molecule has 1 N–H and O–H groups in total. The van der Waals surface area contributed by atoms with E-state index in [4.69, 9.17) is 4.74 Å². The zero-order valence-electron chi connectivity index (χ0n) is 16.1. The Bertz CT molecular complexity index is 1160.